The first-order valence-corrected chi connectivity index (χ1v) is 8.82. The van der Waals surface area contributed by atoms with Gasteiger partial charge in [0.05, 0.1) is 16.6 Å². The van der Waals surface area contributed by atoms with Gasteiger partial charge in [-0.05, 0) is 48.0 Å². The van der Waals surface area contributed by atoms with Gasteiger partial charge >= 0.3 is 6.18 Å². The molecular formula is C21H12ClF4N2O. The lowest BCUT2D eigenvalue weighted by molar-refractivity contribution is -0.140. The molecule has 0 aliphatic heterocycles. The van der Waals surface area contributed by atoms with Gasteiger partial charge in [0.25, 0.3) is 0 Å². The summed E-state index contributed by atoms with van der Waals surface area (Å²) in [7, 11) is 0. The topological polar surface area (TPSA) is 48.0 Å². The van der Waals surface area contributed by atoms with E-state index in [2.05, 4.69) is 6.07 Å². The van der Waals surface area contributed by atoms with E-state index in [1.165, 1.54) is 12.1 Å². The van der Waals surface area contributed by atoms with Crippen molar-refractivity contribution in [2.45, 2.75) is 12.7 Å². The normalized spacial score (nSPS) is 12.0. The third-order valence-corrected chi connectivity index (χ3v) is 4.92. The Morgan fingerprint density at radius 2 is 1.90 bits per heavy atom. The average molecular weight is 420 g/mol. The van der Waals surface area contributed by atoms with Gasteiger partial charge in [-0.15, -0.1) is 0 Å². The van der Waals surface area contributed by atoms with Gasteiger partial charge in [0, 0.05) is 27.9 Å². The van der Waals surface area contributed by atoms with Crippen LogP contribution < -0.4 is 5.73 Å². The smallest absolute Gasteiger partial charge is 0.366 e. The van der Waals surface area contributed by atoms with Crippen LogP contribution in [0.3, 0.4) is 0 Å². The molecule has 0 aliphatic carbocycles. The summed E-state index contributed by atoms with van der Waals surface area (Å²) in [5, 5.41) is 1.47. The van der Waals surface area contributed by atoms with E-state index < -0.39 is 23.5 Å². The van der Waals surface area contributed by atoms with Crippen LogP contribution in [-0.4, -0.2) is 10.5 Å². The number of nitrogens with two attached hydrogens (primary N) is 1. The van der Waals surface area contributed by atoms with Crippen LogP contribution in [-0.2, 0) is 12.7 Å². The number of hydrogen-bond acceptors (Lipinski definition) is 1. The standard InChI is InChI=1S/C21H12ClF4N2O/c22-12-5-6-13-18(9-12)28(17-3-1-2-14(19(13)17)20(27)29)10-11-4-7-16(23)15(8-11)21(24,25)26/h1-5,7-9H,10H2,(H2,27,29). The van der Waals surface area contributed by atoms with E-state index in [1.54, 1.807) is 28.8 Å². The third-order valence-electron chi connectivity index (χ3n) is 4.70. The molecule has 0 fully saturated rings. The molecule has 1 amide bonds. The predicted molar refractivity (Wildman–Crippen MR) is 102 cm³/mol. The van der Waals surface area contributed by atoms with Crippen LogP contribution in [0.5, 0.6) is 0 Å². The van der Waals surface area contributed by atoms with Crippen molar-refractivity contribution in [2.24, 2.45) is 5.73 Å². The molecule has 8 heteroatoms. The lowest BCUT2D eigenvalue weighted by Gasteiger charge is -2.12. The number of fused-ring (bicyclic) bond motifs is 3. The van der Waals surface area contributed by atoms with E-state index in [0.717, 1.165) is 12.1 Å². The predicted octanol–water partition coefficient (Wildman–Crippen LogP) is 5.55. The second kappa shape index (κ2) is 6.77. The van der Waals surface area contributed by atoms with E-state index in [0.29, 0.717) is 26.8 Å². The minimum atomic E-state index is -4.81. The lowest BCUT2D eigenvalue weighted by atomic mass is 10.1. The molecule has 3 nitrogen and oxygen atoms in total. The van der Waals surface area contributed by atoms with Crippen LogP contribution in [0, 0.1) is 11.9 Å². The van der Waals surface area contributed by atoms with E-state index in [9.17, 15) is 22.4 Å². The van der Waals surface area contributed by atoms with Crippen LogP contribution in [0.15, 0.2) is 48.5 Å². The molecule has 0 saturated heterocycles. The van der Waals surface area contributed by atoms with E-state index in [4.69, 9.17) is 17.3 Å². The Morgan fingerprint density at radius 1 is 1.14 bits per heavy atom. The molecule has 147 valence electrons. The van der Waals surface area contributed by atoms with Crippen LogP contribution in [0.25, 0.3) is 21.8 Å². The summed E-state index contributed by atoms with van der Waals surface area (Å²) in [5.74, 6) is -1.98. The molecule has 3 aromatic carbocycles. The van der Waals surface area contributed by atoms with Crippen molar-refractivity contribution in [2.75, 3.05) is 0 Å². The first-order valence-electron chi connectivity index (χ1n) is 8.44. The van der Waals surface area contributed by atoms with Crippen molar-refractivity contribution < 1.29 is 22.4 Å². The number of alkyl halides is 3. The van der Waals surface area contributed by atoms with Gasteiger partial charge in [-0.3, -0.25) is 4.79 Å². The van der Waals surface area contributed by atoms with Crippen molar-refractivity contribution in [3.05, 3.63) is 82.1 Å². The highest BCUT2D eigenvalue weighted by Gasteiger charge is 2.34. The van der Waals surface area contributed by atoms with Crippen molar-refractivity contribution in [3.8, 4) is 0 Å². The summed E-state index contributed by atoms with van der Waals surface area (Å²) in [6.45, 7) is -0.000241. The van der Waals surface area contributed by atoms with E-state index >= 15 is 0 Å². The van der Waals surface area contributed by atoms with Crippen LogP contribution in [0.2, 0.25) is 5.02 Å². The molecule has 0 atom stereocenters. The number of amides is 1. The highest BCUT2D eigenvalue weighted by atomic mass is 35.5. The summed E-state index contributed by atoms with van der Waals surface area (Å²) in [5.41, 5.74) is 5.80. The fraction of sp³-hybridized carbons (Fsp3) is 0.0952. The lowest BCUT2D eigenvalue weighted by Crippen LogP contribution is -2.11. The number of carbonyl (C=O) groups is 1. The van der Waals surface area contributed by atoms with E-state index in [1.807, 2.05) is 0 Å². The largest absolute Gasteiger partial charge is 0.419 e. The molecule has 1 heterocycles. The minimum absolute atomic E-state index is 0.000241. The van der Waals surface area contributed by atoms with Gasteiger partial charge in [-0.1, -0.05) is 23.7 Å². The summed E-state index contributed by atoms with van der Waals surface area (Å²) < 4.78 is 54.6. The van der Waals surface area contributed by atoms with Crippen molar-refractivity contribution in [3.63, 3.8) is 0 Å². The highest BCUT2D eigenvalue weighted by molar-refractivity contribution is 6.31. The van der Waals surface area contributed by atoms with E-state index in [-0.39, 0.29) is 17.7 Å². The molecule has 1 aromatic heterocycles. The Hall–Kier alpha value is -3.06. The average Bonchev–Trinajstić information content (AvgIpc) is 2.95. The molecular weight excluding hydrogens is 408 g/mol. The molecule has 4 aromatic rings. The Bertz CT molecular complexity index is 1280. The van der Waals surface area contributed by atoms with Crippen LogP contribution >= 0.6 is 11.6 Å². The van der Waals surface area contributed by atoms with Crippen molar-refractivity contribution in [1.82, 2.24) is 4.57 Å². The fourth-order valence-electron chi connectivity index (χ4n) is 3.48. The summed E-state index contributed by atoms with van der Waals surface area (Å²) in [6.07, 6.45) is -4.81. The Kier molecular flexibility index (Phi) is 4.50. The van der Waals surface area contributed by atoms with Crippen LogP contribution in [0.1, 0.15) is 21.5 Å². The molecule has 0 bridgehead atoms. The number of hydrogen-bond donors (Lipinski definition) is 1. The molecule has 0 aliphatic rings. The Labute approximate surface area is 167 Å². The highest BCUT2D eigenvalue weighted by Crippen LogP contribution is 2.35. The van der Waals surface area contributed by atoms with Gasteiger partial charge in [-0.2, -0.15) is 13.2 Å². The van der Waals surface area contributed by atoms with Gasteiger partial charge in [0.15, 0.2) is 0 Å². The number of nitrogens with zero attached hydrogens (tertiary/aromatic N) is 1. The molecule has 2 N–H and O–H groups in total. The Morgan fingerprint density at radius 3 is 2.59 bits per heavy atom. The zero-order valence-electron chi connectivity index (χ0n) is 14.6. The summed E-state index contributed by atoms with van der Waals surface area (Å²) >= 11 is 6.09. The maximum Gasteiger partial charge on any atom is 0.419 e. The molecule has 29 heavy (non-hydrogen) atoms. The number of carbonyl (C=O) groups excluding carboxylic acids is 1. The molecule has 1 radical (unpaired) electrons. The number of benzene rings is 3. The van der Waals surface area contributed by atoms with Gasteiger partial charge < -0.3 is 10.3 Å². The monoisotopic (exact) mass is 419 g/mol. The quantitative estimate of drug-likeness (QED) is 0.435. The molecule has 4 rings (SSSR count). The fourth-order valence-corrected chi connectivity index (χ4v) is 3.63. The van der Waals surface area contributed by atoms with Gasteiger partial charge in [-0.25, -0.2) is 4.39 Å². The SMILES string of the molecule is NC(=O)c1cccc2c1c1[c]cc(Cl)cc1n2Cc1ccc(F)c(C(F)(F)F)c1. The zero-order chi connectivity index (χ0) is 20.9. The maximum absolute atomic E-state index is 13.6. The first-order chi connectivity index (χ1) is 13.7. The number of halogens is 5. The molecule has 0 saturated carbocycles. The van der Waals surface area contributed by atoms with Crippen molar-refractivity contribution in [1.29, 1.82) is 0 Å². The number of aromatic nitrogens is 1. The first kappa shape index (κ1) is 19.3. The second-order valence-electron chi connectivity index (χ2n) is 6.54. The number of primary amides is 1. The summed E-state index contributed by atoms with van der Waals surface area (Å²) in [4.78, 5) is 11.9. The minimum Gasteiger partial charge on any atom is -0.366 e. The summed E-state index contributed by atoms with van der Waals surface area (Å²) in [6, 6.07) is 13.9. The van der Waals surface area contributed by atoms with Crippen LogP contribution in [0.4, 0.5) is 17.6 Å². The Balaban J connectivity index is 1.98. The third kappa shape index (κ3) is 3.31. The number of rotatable bonds is 3. The van der Waals surface area contributed by atoms with Gasteiger partial charge in [0.1, 0.15) is 5.82 Å². The van der Waals surface area contributed by atoms with Crippen molar-refractivity contribution >= 4 is 39.3 Å². The second-order valence-corrected chi connectivity index (χ2v) is 6.98. The maximum atomic E-state index is 13.6. The zero-order valence-corrected chi connectivity index (χ0v) is 15.4. The molecule has 0 unspecified atom stereocenters. The van der Waals surface area contributed by atoms with Gasteiger partial charge in [0.2, 0.25) is 5.91 Å². The molecule has 0 spiro atoms.